The van der Waals surface area contributed by atoms with Crippen LogP contribution in [0.15, 0.2) is 24.8 Å². The Morgan fingerprint density at radius 2 is 2.03 bits per heavy atom. The smallest absolute Gasteiger partial charge is 0.254 e. The number of aromatic nitrogens is 2. The van der Waals surface area contributed by atoms with Crippen LogP contribution in [-0.2, 0) is 11.2 Å². The highest BCUT2D eigenvalue weighted by atomic mass is 16.5. The van der Waals surface area contributed by atoms with E-state index in [0.29, 0.717) is 41.8 Å². The molecule has 0 aliphatic carbocycles. The fourth-order valence-electron chi connectivity index (χ4n) is 5.77. The molecule has 186 valence electrons. The highest BCUT2D eigenvalue weighted by molar-refractivity contribution is 6.04. The molecule has 3 N–H and O–H groups in total. The van der Waals surface area contributed by atoms with E-state index in [1.54, 1.807) is 7.11 Å². The van der Waals surface area contributed by atoms with Gasteiger partial charge in [-0.15, -0.1) is 0 Å². The van der Waals surface area contributed by atoms with Gasteiger partial charge in [0.1, 0.15) is 34.2 Å². The molecule has 35 heavy (non-hydrogen) atoms. The summed E-state index contributed by atoms with van der Waals surface area (Å²) in [4.78, 5) is 26.5. The summed E-state index contributed by atoms with van der Waals surface area (Å²) < 4.78 is 13.8. The standard InChI is InChI=1S/C26H33N5O4/c1-5-21(32)30-10-7-15(8-11-30)18-6-9-28-25-22(24(27)33)23(29-31(18)25)16-12-19(34-4)17-14-26(2,3)35-20(17)13-16/h5,12-13,15,18,28H,1,6-11,14H2,2-4H3,(H2,27,33). The number of methoxy groups -OCH3 is 1. The number of ether oxygens (including phenoxy) is 2. The Morgan fingerprint density at radius 1 is 1.29 bits per heavy atom. The van der Waals surface area contributed by atoms with Gasteiger partial charge in [-0.3, -0.25) is 9.59 Å². The number of likely N-dealkylation sites (tertiary alicyclic amines) is 1. The van der Waals surface area contributed by atoms with E-state index >= 15 is 0 Å². The van der Waals surface area contributed by atoms with Crippen LogP contribution in [-0.4, -0.2) is 58.8 Å². The predicted octanol–water partition coefficient (Wildman–Crippen LogP) is 3.15. The fourth-order valence-corrected chi connectivity index (χ4v) is 5.77. The third-order valence-electron chi connectivity index (χ3n) is 7.42. The molecule has 4 heterocycles. The maximum absolute atomic E-state index is 12.7. The summed E-state index contributed by atoms with van der Waals surface area (Å²) >= 11 is 0. The van der Waals surface area contributed by atoms with Crippen molar-refractivity contribution in [1.29, 1.82) is 0 Å². The number of carbonyl (C=O) groups excluding carboxylic acids is 2. The summed E-state index contributed by atoms with van der Waals surface area (Å²) in [6.07, 6.45) is 4.75. The Bertz CT molecular complexity index is 1190. The monoisotopic (exact) mass is 479 g/mol. The summed E-state index contributed by atoms with van der Waals surface area (Å²) in [5.74, 6) is 1.91. The molecule has 9 heteroatoms. The Labute approximate surface area is 205 Å². The summed E-state index contributed by atoms with van der Waals surface area (Å²) in [5, 5.41) is 8.31. The predicted molar refractivity (Wildman–Crippen MR) is 133 cm³/mol. The molecule has 3 aliphatic rings. The van der Waals surface area contributed by atoms with Crippen LogP contribution in [0, 0.1) is 5.92 Å². The van der Waals surface area contributed by atoms with Crippen molar-refractivity contribution in [2.75, 3.05) is 32.1 Å². The molecule has 0 radical (unpaired) electrons. The number of nitrogens with two attached hydrogens (primary N) is 1. The fraction of sp³-hybridized carbons (Fsp3) is 0.500. The first-order valence-corrected chi connectivity index (χ1v) is 12.2. The second-order valence-electron chi connectivity index (χ2n) is 10.2. The minimum atomic E-state index is -0.526. The molecular formula is C26H33N5O4. The Morgan fingerprint density at radius 3 is 2.69 bits per heavy atom. The van der Waals surface area contributed by atoms with E-state index < -0.39 is 5.91 Å². The maximum atomic E-state index is 12.7. The number of nitrogens with one attached hydrogen (secondary N) is 1. The Hall–Kier alpha value is -3.49. The lowest BCUT2D eigenvalue weighted by atomic mass is 9.87. The lowest BCUT2D eigenvalue weighted by Crippen LogP contribution is -2.41. The van der Waals surface area contributed by atoms with Crippen LogP contribution in [0.5, 0.6) is 11.5 Å². The SMILES string of the molecule is C=CC(=O)N1CCC(C2CCNc3c(C(N)=O)c(-c4cc(OC)c5c(c4)OC(C)(C)C5)nn32)CC1. The van der Waals surface area contributed by atoms with Gasteiger partial charge < -0.3 is 25.4 Å². The molecule has 0 spiro atoms. The summed E-state index contributed by atoms with van der Waals surface area (Å²) in [7, 11) is 1.64. The van der Waals surface area contributed by atoms with Gasteiger partial charge in [0.2, 0.25) is 5.91 Å². The third-order valence-corrected chi connectivity index (χ3v) is 7.42. The number of rotatable bonds is 5. The second-order valence-corrected chi connectivity index (χ2v) is 10.2. The first kappa shape index (κ1) is 23.3. The van der Waals surface area contributed by atoms with Crippen molar-refractivity contribution in [3.8, 4) is 22.8 Å². The largest absolute Gasteiger partial charge is 0.496 e. The third kappa shape index (κ3) is 4.02. The quantitative estimate of drug-likeness (QED) is 0.638. The Kier molecular flexibility index (Phi) is 5.73. The number of carbonyl (C=O) groups is 2. The van der Waals surface area contributed by atoms with Gasteiger partial charge in [0.15, 0.2) is 0 Å². The van der Waals surface area contributed by atoms with E-state index in [2.05, 4.69) is 11.9 Å². The number of benzene rings is 1. The van der Waals surface area contributed by atoms with Gasteiger partial charge in [-0.1, -0.05) is 6.58 Å². The number of amides is 2. The number of hydrogen-bond acceptors (Lipinski definition) is 6. The minimum Gasteiger partial charge on any atom is -0.496 e. The van der Waals surface area contributed by atoms with Crippen molar-refractivity contribution in [1.82, 2.24) is 14.7 Å². The lowest BCUT2D eigenvalue weighted by molar-refractivity contribution is -0.127. The molecule has 3 aliphatic heterocycles. The van der Waals surface area contributed by atoms with Crippen molar-refractivity contribution in [2.45, 2.75) is 51.2 Å². The van der Waals surface area contributed by atoms with Gasteiger partial charge in [0, 0.05) is 37.2 Å². The van der Waals surface area contributed by atoms with E-state index in [1.807, 2.05) is 35.6 Å². The van der Waals surface area contributed by atoms with Crippen LogP contribution >= 0.6 is 0 Å². The van der Waals surface area contributed by atoms with Gasteiger partial charge in [-0.2, -0.15) is 5.10 Å². The average molecular weight is 480 g/mol. The molecule has 2 aromatic rings. The number of nitrogens with zero attached hydrogens (tertiary/aromatic N) is 3. The number of fused-ring (bicyclic) bond motifs is 2. The van der Waals surface area contributed by atoms with E-state index in [-0.39, 0.29) is 17.6 Å². The molecule has 0 bridgehead atoms. The molecular weight excluding hydrogens is 446 g/mol. The summed E-state index contributed by atoms with van der Waals surface area (Å²) in [6, 6.07) is 3.96. The molecule has 1 aromatic carbocycles. The van der Waals surface area contributed by atoms with Crippen molar-refractivity contribution in [2.24, 2.45) is 11.7 Å². The molecule has 1 unspecified atom stereocenters. The molecule has 2 amide bonds. The maximum Gasteiger partial charge on any atom is 0.254 e. The number of anilines is 1. The van der Waals surface area contributed by atoms with Crippen molar-refractivity contribution >= 4 is 17.6 Å². The number of piperidine rings is 1. The van der Waals surface area contributed by atoms with E-state index in [4.69, 9.17) is 20.3 Å². The first-order chi connectivity index (χ1) is 16.7. The summed E-state index contributed by atoms with van der Waals surface area (Å²) in [5.41, 5.74) is 8.22. The summed E-state index contributed by atoms with van der Waals surface area (Å²) in [6.45, 7) is 9.80. The van der Waals surface area contributed by atoms with Gasteiger partial charge >= 0.3 is 0 Å². The molecule has 0 saturated carbocycles. The second kappa shape index (κ2) is 8.62. The van der Waals surface area contributed by atoms with Crippen molar-refractivity contribution < 1.29 is 19.1 Å². The zero-order valence-corrected chi connectivity index (χ0v) is 20.6. The van der Waals surface area contributed by atoms with Crippen molar-refractivity contribution in [3.63, 3.8) is 0 Å². The van der Waals surface area contributed by atoms with Crippen LogP contribution < -0.4 is 20.5 Å². The van der Waals surface area contributed by atoms with Crippen LogP contribution in [0.3, 0.4) is 0 Å². The molecule has 1 saturated heterocycles. The van der Waals surface area contributed by atoms with Crippen LogP contribution in [0.25, 0.3) is 11.3 Å². The van der Waals surface area contributed by atoms with E-state index in [1.165, 1.54) is 6.08 Å². The van der Waals surface area contributed by atoms with Gasteiger partial charge in [0.25, 0.3) is 5.91 Å². The first-order valence-electron chi connectivity index (χ1n) is 12.2. The molecule has 1 atom stereocenters. The highest BCUT2D eigenvalue weighted by Crippen LogP contribution is 2.45. The van der Waals surface area contributed by atoms with Gasteiger partial charge in [-0.05, 0) is 57.2 Å². The van der Waals surface area contributed by atoms with Gasteiger partial charge in [-0.25, -0.2) is 4.68 Å². The Balaban J connectivity index is 1.53. The molecule has 9 nitrogen and oxygen atoms in total. The van der Waals surface area contributed by atoms with Crippen LogP contribution in [0.4, 0.5) is 5.82 Å². The molecule has 5 rings (SSSR count). The topological polar surface area (TPSA) is 112 Å². The highest BCUT2D eigenvalue weighted by Gasteiger charge is 2.37. The van der Waals surface area contributed by atoms with E-state index in [0.717, 1.165) is 49.1 Å². The average Bonchev–Trinajstić information content (AvgIpc) is 3.39. The number of hydrogen-bond donors (Lipinski definition) is 2. The zero-order chi connectivity index (χ0) is 24.9. The lowest BCUT2D eigenvalue weighted by Gasteiger charge is -2.38. The zero-order valence-electron chi connectivity index (χ0n) is 20.6. The van der Waals surface area contributed by atoms with E-state index in [9.17, 15) is 9.59 Å². The normalized spacial score (nSPS) is 20.9. The van der Waals surface area contributed by atoms with Crippen LogP contribution in [0.2, 0.25) is 0 Å². The minimum absolute atomic E-state index is 0.0252. The molecule has 1 fully saturated rings. The van der Waals surface area contributed by atoms with Crippen molar-refractivity contribution in [3.05, 3.63) is 35.9 Å². The number of primary amides is 1. The molecule has 1 aromatic heterocycles. The van der Waals surface area contributed by atoms with Crippen LogP contribution in [0.1, 0.15) is 55.1 Å². The van der Waals surface area contributed by atoms with Gasteiger partial charge in [0.05, 0.1) is 13.2 Å².